The summed E-state index contributed by atoms with van der Waals surface area (Å²) in [5.41, 5.74) is 7.28. The average molecular weight is 337 g/mol. The van der Waals surface area contributed by atoms with Crippen LogP contribution in [0.25, 0.3) is 39.3 Å². The van der Waals surface area contributed by atoms with E-state index in [1.165, 1.54) is 39.1 Å². The quantitative estimate of drug-likeness (QED) is 0.419. The molecule has 3 aromatic heterocycles. The summed E-state index contributed by atoms with van der Waals surface area (Å²) in [6.45, 7) is 0.860. The Bertz CT molecular complexity index is 1310. The van der Waals surface area contributed by atoms with Crippen LogP contribution in [-0.2, 0) is 13.6 Å². The molecule has 0 bridgehead atoms. The van der Waals surface area contributed by atoms with Crippen molar-refractivity contribution in [1.82, 2.24) is 14.1 Å². The lowest BCUT2D eigenvalue weighted by molar-refractivity contribution is -0.648. The molecule has 0 N–H and O–H groups in total. The lowest BCUT2D eigenvalue weighted by Crippen LogP contribution is -2.33. The Morgan fingerprint density at radius 3 is 2.62 bits per heavy atom. The predicted molar refractivity (Wildman–Crippen MR) is 102 cm³/mol. The highest BCUT2D eigenvalue weighted by Gasteiger charge is 2.36. The first-order valence-corrected chi connectivity index (χ1v) is 8.86. The van der Waals surface area contributed by atoms with E-state index in [0.29, 0.717) is 0 Å². The van der Waals surface area contributed by atoms with E-state index in [1.54, 1.807) is 0 Å². The van der Waals surface area contributed by atoms with Gasteiger partial charge in [-0.25, -0.2) is 14.1 Å². The third-order valence-electron chi connectivity index (χ3n) is 5.43. The monoisotopic (exact) mass is 337 g/mol. The summed E-state index contributed by atoms with van der Waals surface area (Å²) in [7, 11) is 2.15. The fourth-order valence-electron chi connectivity index (χ4n) is 4.39. The number of para-hydroxylation sites is 2. The summed E-state index contributed by atoms with van der Waals surface area (Å²) in [6.07, 6.45) is 1.88. The van der Waals surface area contributed by atoms with Crippen LogP contribution < -0.4 is 4.57 Å². The van der Waals surface area contributed by atoms with Crippen molar-refractivity contribution in [3.05, 3.63) is 78.5 Å². The first kappa shape index (κ1) is 13.8. The molecular weight excluding hydrogens is 320 g/mol. The van der Waals surface area contributed by atoms with Gasteiger partial charge in [0.2, 0.25) is 0 Å². The first-order valence-electron chi connectivity index (χ1n) is 8.86. The first-order chi connectivity index (χ1) is 12.8. The fourth-order valence-corrected chi connectivity index (χ4v) is 4.39. The molecule has 1 aliphatic heterocycles. The number of aromatic nitrogens is 4. The largest absolute Gasteiger partial charge is 0.275 e. The minimum absolute atomic E-state index is 0.860. The van der Waals surface area contributed by atoms with Crippen LogP contribution in [0.1, 0.15) is 5.56 Å². The van der Waals surface area contributed by atoms with Gasteiger partial charge in [0.1, 0.15) is 16.9 Å². The van der Waals surface area contributed by atoms with Gasteiger partial charge in [-0.3, -0.25) is 4.57 Å². The van der Waals surface area contributed by atoms with E-state index in [4.69, 9.17) is 0 Å². The van der Waals surface area contributed by atoms with Gasteiger partial charge in [0.25, 0.3) is 11.5 Å². The molecule has 0 aliphatic carbocycles. The van der Waals surface area contributed by atoms with Crippen molar-refractivity contribution < 1.29 is 4.57 Å². The molecule has 0 amide bonds. The van der Waals surface area contributed by atoms with E-state index in [1.807, 2.05) is 12.3 Å². The molecule has 4 heteroatoms. The maximum Gasteiger partial charge on any atom is 0.275 e. The van der Waals surface area contributed by atoms with Gasteiger partial charge < -0.3 is 0 Å². The zero-order valence-corrected chi connectivity index (χ0v) is 14.4. The Morgan fingerprint density at radius 2 is 1.73 bits per heavy atom. The molecule has 5 aromatic rings. The summed E-state index contributed by atoms with van der Waals surface area (Å²) in [5, 5.41) is 1.27. The Balaban J connectivity index is 1.83. The van der Waals surface area contributed by atoms with Crippen molar-refractivity contribution >= 4 is 22.1 Å². The number of rotatable bonds is 1. The van der Waals surface area contributed by atoms with E-state index >= 15 is 0 Å². The van der Waals surface area contributed by atoms with Crippen LogP contribution in [0.5, 0.6) is 0 Å². The highest BCUT2D eigenvalue weighted by atomic mass is 15.3. The van der Waals surface area contributed by atoms with Crippen LogP contribution >= 0.6 is 0 Å². The van der Waals surface area contributed by atoms with Crippen molar-refractivity contribution in [3.63, 3.8) is 0 Å². The lowest BCUT2D eigenvalue weighted by Gasteiger charge is -2.03. The molecule has 2 aromatic carbocycles. The molecule has 6 rings (SSSR count). The number of aryl methyl sites for hydroxylation is 1. The molecule has 0 atom stereocenters. The Hall–Kier alpha value is -3.40. The minimum atomic E-state index is 0.860. The van der Waals surface area contributed by atoms with Crippen LogP contribution in [0.2, 0.25) is 0 Å². The van der Waals surface area contributed by atoms with Gasteiger partial charge in [-0.1, -0.05) is 36.4 Å². The third-order valence-corrected chi connectivity index (χ3v) is 5.43. The number of hydrogen-bond acceptors (Lipinski definition) is 1. The van der Waals surface area contributed by atoms with E-state index < -0.39 is 0 Å². The van der Waals surface area contributed by atoms with Gasteiger partial charge in [0.05, 0.1) is 19.0 Å². The molecule has 4 nitrogen and oxygen atoms in total. The lowest BCUT2D eigenvalue weighted by atomic mass is 10.2. The topological polar surface area (TPSA) is 26.6 Å². The summed E-state index contributed by atoms with van der Waals surface area (Å²) in [5.74, 6) is 1.18. The van der Waals surface area contributed by atoms with Crippen molar-refractivity contribution in [2.75, 3.05) is 0 Å². The molecular formula is C22H17N4+. The van der Waals surface area contributed by atoms with Gasteiger partial charge in [0, 0.05) is 11.8 Å². The fraction of sp³-hybridized carbons (Fsp3) is 0.0909. The molecule has 1 aliphatic rings. The van der Waals surface area contributed by atoms with Gasteiger partial charge in [-0.2, -0.15) is 0 Å². The van der Waals surface area contributed by atoms with E-state index in [2.05, 4.69) is 86.4 Å². The summed E-state index contributed by atoms with van der Waals surface area (Å²) >= 11 is 0. The Kier molecular flexibility index (Phi) is 2.57. The van der Waals surface area contributed by atoms with E-state index in [0.717, 1.165) is 12.2 Å². The second-order valence-corrected chi connectivity index (χ2v) is 6.84. The van der Waals surface area contributed by atoms with Crippen molar-refractivity contribution in [1.29, 1.82) is 0 Å². The van der Waals surface area contributed by atoms with Crippen molar-refractivity contribution in [3.8, 4) is 17.2 Å². The number of hydrogen-bond donors (Lipinski definition) is 0. The van der Waals surface area contributed by atoms with Gasteiger partial charge in [-0.15, -0.1) is 0 Å². The number of nitrogens with zero attached hydrogens (tertiary/aromatic N) is 4. The Morgan fingerprint density at radius 1 is 0.923 bits per heavy atom. The average Bonchev–Trinajstić information content (AvgIpc) is 3.31. The zero-order chi connectivity index (χ0) is 17.3. The second-order valence-electron chi connectivity index (χ2n) is 6.84. The van der Waals surface area contributed by atoms with Crippen LogP contribution in [0.3, 0.4) is 0 Å². The maximum atomic E-state index is 4.67. The standard InChI is InChI=1S/C22H17N4/c1-24-20-17-11-5-6-12-18(17)26(16-9-3-2-4-10-16)22(20)25-14-15-8-7-13-23-19(15)21(24)25/h2-13H,14H2,1H3/q+1. The number of benzene rings is 2. The number of pyridine rings is 1. The minimum Gasteiger partial charge on any atom is -0.254 e. The maximum absolute atomic E-state index is 4.67. The van der Waals surface area contributed by atoms with Crippen LogP contribution in [0, 0.1) is 0 Å². The predicted octanol–water partition coefficient (Wildman–Crippen LogP) is 3.83. The van der Waals surface area contributed by atoms with Gasteiger partial charge in [0.15, 0.2) is 5.52 Å². The molecule has 0 saturated heterocycles. The second kappa shape index (κ2) is 4.82. The zero-order valence-electron chi connectivity index (χ0n) is 14.4. The van der Waals surface area contributed by atoms with Gasteiger partial charge >= 0.3 is 0 Å². The van der Waals surface area contributed by atoms with E-state index in [9.17, 15) is 0 Å². The van der Waals surface area contributed by atoms with E-state index in [-0.39, 0.29) is 0 Å². The summed E-state index contributed by atoms with van der Waals surface area (Å²) in [6, 6.07) is 23.5. The molecule has 0 unspecified atom stereocenters. The normalized spacial score (nSPS) is 12.7. The molecule has 0 saturated carbocycles. The summed E-state index contributed by atoms with van der Waals surface area (Å²) in [4.78, 5) is 4.67. The third kappa shape index (κ3) is 1.59. The van der Waals surface area contributed by atoms with Crippen LogP contribution in [0.4, 0.5) is 0 Å². The Labute approximate surface area is 150 Å². The highest BCUT2D eigenvalue weighted by molar-refractivity contribution is 6.06. The van der Waals surface area contributed by atoms with Crippen molar-refractivity contribution in [2.45, 2.75) is 6.54 Å². The molecule has 4 heterocycles. The van der Waals surface area contributed by atoms with Gasteiger partial charge in [-0.05, 0) is 30.3 Å². The van der Waals surface area contributed by atoms with Crippen molar-refractivity contribution in [2.24, 2.45) is 7.05 Å². The SMILES string of the molecule is Cn1c2[n+](c3c1c1ccccc1n3-c1ccccc1)Cc1cccnc1-2. The summed E-state index contributed by atoms with van der Waals surface area (Å²) < 4.78 is 7.08. The number of fused-ring (bicyclic) bond motifs is 7. The number of imidazole rings is 1. The molecule has 0 fully saturated rings. The van der Waals surface area contributed by atoms with Crippen LogP contribution in [-0.4, -0.2) is 14.1 Å². The van der Waals surface area contributed by atoms with Crippen LogP contribution in [0.15, 0.2) is 72.9 Å². The molecule has 0 radical (unpaired) electrons. The molecule has 0 spiro atoms. The molecule has 124 valence electrons. The smallest absolute Gasteiger partial charge is 0.254 e. The molecule has 26 heavy (non-hydrogen) atoms. The highest BCUT2D eigenvalue weighted by Crippen LogP contribution is 2.36.